The number of thiophene rings is 1. The molecule has 0 aliphatic carbocycles. The van der Waals surface area contributed by atoms with Gasteiger partial charge in [0.05, 0.1) is 0 Å². The predicted molar refractivity (Wildman–Crippen MR) is 95.7 cm³/mol. The lowest BCUT2D eigenvalue weighted by atomic mass is 10.0. The van der Waals surface area contributed by atoms with E-state index in [0.717, 1.165) is 19.0 Å². The van der Waals surface area contributed by atoms with Crippen molar-refractivity contribution in [3.8, 4) is 0 Å². The molecule has 0 unspecified atom stereocenters. The van der Waals surface area contributed by atoms with E-state index in [1.165, 1.54) is 5.56 Å². The van der Waals surface area contributed by atoms with E-state index in [-0.39, 0.29) is 29.5 Å². The van der Waals surface area contributed by atoms with E-state index in [1.807, 2.05) is 0 Å². The van der Waals surface area contributed by atoms with Crippen LogP contribution in [0.5, 0.6) is 0 Å². The molecule has 4 nitrogen and oxygen atoms in total. The molecular formula is C13H25IN4S. The molecule has 1 aromatic heterocycles. The van der Waals surface area contributed by atoms with Crippen molar-refractivity contribution in [2.45, 2.75) is 25.9 Å². The van der Waals surface area contributed by atoms with Gasteiger partial charge in [0.1, 0.15) is 0 Å². The smallest absolute Gasteiger partial charge is 0.191 e. The van der Waals surface area contributed by atoms with E-state index in [9.17, 15) is 0 Å². The van der Waals surface area contributed by atoms with Crippen LogP contribution in [0.15, 0.2) is 21.8 Å². The lowest BCUT2D eigenvalue weighted by Gasteiger charge is -2.33. The highest BCUT2D eigenvalue weighted by atomic mass is 127. The number of aliphatic imine (C=N–C) groups is 1. The van der Waals surface area contributed by atoms with Crippen molar-refractivity contribution in [1.29, 1.82) is 0 Å². The zero-order valence-electron chi connectivity index (χ0n) is 12.4. The molecule has 0 aliphatic rings. The van der Waals surface area contributed by atoms with Crippen LogP contribution in [0, 0.1) is 0 Å². The SMILES string of the molecule is CN=C(NCc1ccsc1)NCC(C)(C)N(C)C.I. The number of nitrogens with one attached hydrogen (secondary N) is 2. The summed E-state index contributed by atoms with van der Waals surface area (Å²) in [5.41, 5.74) is 1.38. The molecule has 0 aliphatic heterocycles. The standard InChI is InChI=1S/C13H24N4S.HI/c1-13(2,17(4)5)10-16-12(14-3)15-8-11-6-7-18-9-11;/h6-7,9H,8,10H2,1-5H3,(H2,14,15,16);1H. The Morgan fingerprint density at radius 2 is 2.05 bits per heavy atom. The van der Waals surface area contributed by atoms with Gasteiger partial charge in [0, 0.05) is 25.7 Å². The first-order valence-electron chi connectivity index (χ1n) is 6.09. The molecule has 0 bridgehead atoms. The number of rotatable bonds is 5. The summed E-state index contributed by atoms with van der Waals surface area (Å²) >= 11 is 1.71. The number of guanidine groups is 1. The van der Waals surface area contributed by atoms with Gasteiger partial charge in [-0.1, -0.05) is 0 Å². The van der Waals surface area contributed by atoms with Crippen LogP contribution >= 0.6 is 35.3 Å². The van der Waals surface area contributed by atoms with Crippen molar-refractivity contribution in [2.24, 2.45) is 4.99 Å². The third kappa shape index (κ3) is 6.58. The summed E-state index contributed by atoms with van der Waals surface area (Å²) in [7, 11) is 5.97. The quantitative estimate of drug-likeness (QED) is 0.456. The van der Waals surface area contributed by atoms with E-state index in [0.29, 0.717) is 0 Å². The zero-order valence-corrected chi connectivity index (χ0v) is 15.5. The fourth-order valence-electron chi connectivity index (χ4n) is 1.26. The minimum Gasteiger partial charge on any atom is -0.355 e. The molecule has 0 saturated carbocycles. The normalized spacial score (nSPS) is 12.2. The Morgan fingerprint density at radius 3 is 2.53 bits per heavy atom. The first kappa shape index (κ1) is 18.7. The first-order valence-corrected chi connectivity index (χ1v) is 7.03. The second kappa shape index (κ2) is 8.76. The maximum atomic E-state index is 4.23. The van der Waals surface area contributed by atoms with Gasteiger partial charge in [0.2, 0.25) is 0 Å². The summed E-state index contributed by atoms with van der Waals surface area (Å²) in [5.74, 6) is 0.844. The molecule has 0 atom stereocenters. The number of nitrogens with zero attached hydrogens (tertiary/aromatic N) is 2. The van der Waals surface area contributed by atoms with Crippen LogP contribution in [0.1, 0.15) is 19.4 Å². The van der Waals surface area contributed by atoms with Crippen LogP contribution in [-0.4, -0.2) is 44.1 Å². The van der Waals surface area contributed by atoms with Gasteiger partial charge in [-0.05, 0) is 50.3 Å². The van der Waals surface area contributed by atoms with E-state index >= 15 is 0 Å². The van der Waals surface area contributed by atoms with Crippen LogP contribution in [0.3, 0.4) is 0 Å². The molecular weight excluding hydrogens is 371 g/mol. The molecule has 0 radical (unpaired) electrons. The molecule has 0 fully saturated rings. The van der Waals surface area contributed by atoms with Crippen molar-refractivity contribution >= 4 is 41.3 Å². The maximum Gasteiger partial charge on any atom is 0.191 e. The average Bonchev–Trinajstić information content (AvgIpc) is 2.82. The number of halogens is 1. The Hall–Kier alpha value is -0.340. The van der Waals surface area contributed by atoms with E-state index in [1.54, 1.807) is 18.4 Å². The highest BCUT2D eigenvalue weighted by Crippen LogP contribution is 2.08. The van der Waals surface area contributed by atoms with Crippen molar-refractivity contribution in [3.05, 3.63) is 22.4 Å². The summed E-state index contributed by atoms with van der Waals surface area (Å²) in [5, 5.41) is 10.9. The second-order valence-electron chi connectivity index (χ2n) is 5.12. The third-order valence-corrected chi connectivity index (χ3v) is 3.89. The van der Waals surface area contributed by atoms with Crippen LogP contribution in [0.4, 0.5) is 0 Å². The summed E-state index contributed by atoms with van der Waals surface area (Å²) in [6.45, 7) is 6.06. The van der Waals surface area contributed by atoms with Gasteiger partial charge in [-0.15, -0.1) is 24.0 Å². The second-order valence-corrected chi connectivity index (χ2v) is 5.90. The molecule has 2 N–H and O–H groups in total. The molecule has 6 heteroatoms. The highest BCUT2D eigenvalue weighted by Gasteiger charge is 2.20. The number of hydrogen-bond acceptors (Lipinski definition) is 3. The van der Waals surface area contributed by atoms with Crippen LogP contribution < -0.4 is 10.6 Å². The van der Waals surface area contributed by atoms with Gasteiger partial charge in [0.25, 0.3) is 0 Å². The van der Waals surface area contributed by atoms with Crippen LogP contribution in [0.2, 0.25) is 0 Å². The fraction of sp³-hybridized carbons (Fsp3) is 0.615. The molecule has 0 saturated heterocycles. The Bertz CT molecular complexity index is 374. The van der Waals surface area contributed by atoms with Gasteiger partial charge < -0.3 is 15.5 Å². The minimum atomic E-state index is 0. The van der Waals surface area contributed by atoms with Crippen molar-refractivity contribution in [1.82, 2.24) is 15.5 Å². The van der Waals surface area contributed by atoms with Gasteiger partial charge in [-0.2, -0.15) is 11.3 Å². The van der Waals surface area contributed by atoms with E-state index in [2.05, 4.69) is 65.3 Å². The topological polar surface area (TPSA) is 39.7 Å². The van der Waals surface area contributed by atoms with Gasteiger partial charge in [-0.3, -0.25) is 4.99 Å². The predicted octanol–water partition coefficient (Wildman–Crippen LogP) is 2.37. The summed E-state index contributed by atoms with van der Waals surface area (Å²) in [6.07, 6.45) is 0. The van der Waals surface area contributed by atoms with Crippen molar-refractivity contribution in [3.63, 3.8) is 0 Å². The fourth-order valence-corrected chi connectivity index (χ4v) is 1.93. The lowest BCUT2D eigenvalue weighted by molar-refractivity contribution is 0.197. The maximum absolute atomic E-state index is 4.23. The van der Waals surface area contributed by atoms with Gasteiger partial charge in [-0.25, -0.2) is 0 Å². The Kier molecular flexibility index (Phi) is 8.60. The summed E-state index contributed by atoms with van der Waals surface area (Å²) < 4.78 is 0. The highest BCUT2D eigenvalue weighted by molar-refractivity contribution is 14.0. The monoisotopic (exact) mass is 396 g/mol. The number of likely N-dealkylation sites (N-methyl/N-ethyl adjacent to an activating group) is 1. The minimum absolute atomic E-state index is 0. The Morgan fingerprint density at radius 1 is 1.37 bits per heavy atom. The van der Waals surface area contributed by atoms with Crippen LogP contribution in [-0.2, 0) is 6.54 Å². The van der Waals surface area contributed by atoms with E-state index < -0.39 is 0 Å². The molecule has 1 rings (SSSR count). The van der Waals surface area contributed by atoms with Crippen molar-refractivity contribution < 1.29 is 0 Å². The Balaban J connectivity index is 0.00000324. The molecule has 1 heterocycles. The Labute approximate surface area is 137 Å². The summed E-state index contributed by atoms with van der Waals surface area (Å²) in [6, 6.07) is 2.12. The molecule has 110 valence electrons. The van der Waals surface area contributed by atoms with E-state index in [4.69, 9.17) is 0 Å². The lowest BCUT2D eigenvalue weighted by Crippen LogP contribution is -2.50. The molecule has 0 aromatic carbocycles. The summed E-state index contributed by atoms with van der Waals surface area (Å²) in [4.78, 5) is 6.43. The molecule has 19 heavy (non-hydrogen) atoms. The van der Waals surface area contributed by atoms with Crippen LogP contribution in [0.25, 0.3) is 0 Å². The molecule has 0 amide bonds. The molecule has 0 spiro atoms. The van der Waals surface area contributed by atoms with Gasteiger partial charge >= 0.3 is 0 Å². The largest absolute Gasteiger partial charge is 0.355 e. The third-order valence-electron chi connectivity index (χ3n) is 3.16. The van der Waals surface area contributed by atoms with Gasteiger partial charge in [0.15, 0.2) is 5.96 Å². The number of hydrogen-bond donors (Lipinski definition) is 2. The zero-order chi connectivity index (χ0) is 13.6. The average molecular weight is 396 g/mol. The van der Waals surface area contributed by atoms with Crippen molar-refractivity contribution in [2.75, 3.05) is 27.7 Å². The first-order chi connectivity index (χ1) is 8.45. The molecule has 1 aromatic rings.